The lowest BCUT2D eigenvalue weighted by atomic mass is 9.97. The Balaban J connectivity index is 0.00000324. The van der Waals surface area contributed by atoms with E-state index in [9.17, 15) is 4.79 Å². The van der Waals surface area contributed by atoms with Crippen molar-refractivity contribution in [3.05, 3.63) is 0 Å². The molecule has 0 spiro atoms. The van der Waals surface area contributed by atoms with Crippen molar-refractivity contribution in [1.29, 1.82) is 0 Å². The van der Waals surface area contributed by atoms with E-state index in [2.05, 4.69) is 33.0 Å². The van der Waals surface area contributed by atoms with E-state index in [0.29, 0.717) is 24.6 Å². The van der Waals surface area contributed by atoms with E-state index in [1.165, 1.54) is 0 Å². The smallest absolute Gasteiger partial charge is 0.236 e. The molecule has 108 valence electrons. The highest BCUT2D eigenvalue weighted by molar-refractivity contribution is 5.78. The van der Waals surface area contributed by atoms with E-state index in [-0.39, 0.29) is 7.33 Å². The summed E-state index contributed by atoms with van der Waals surface area (Å²) in [6, 6.07) is 0.367. The number of carbonyl (C=O) groups is 1. The first-order valence-electron chi connectivity index (χ1n) is 7.11. The molecule has 0 aromatic rings. The van der Waals surface area contributed by atoms with Crippen molar-refractivity contribution in [2.45, 2.75) is 52.7 Å². The lowest BCUT2D eigenvalue weighted by Crippen LogP contribution is -2.44. The second-order valence-corrected chi connectivity index (χ2v) is 5.74. The highest BCUT2D eigenvalue weighted by atomic mass is 16.5. The number of hydrogen-bond acceptors (Lipinski definition) is 3. The van der Waals surface area contributed by atoms with E-state index < -0.39 is 0 Å². The Morgan fingerprint density at radius 1 is 1.33 bits per heavy atom. The number of nitrogens with zero attached hydrogens (tertiary/aromatic N) is 1. The summed E-state index contributed by atoms with van der Waals surface area (Å²) in [5, 5.41) is 3.18. The van der Waals surface area contributed by atoms with Crippen LogP contribution in [0.4, 0.5) is 0 Å². The van der Waals surface area contributed by atoms with Gasteiger partial charge in [-0.05, 0) is 32.6 Å². The van der Waals surface area contributed by atoms with Gasteiger partial charge >= 0.3 is 0 Å². The van der Waals surface area contributed by atoms with E-state index in [1.54, 1.807) is 0 Å². The van der Waals surface area contributed by atoms with Crippen LogP contribution in [-0.4, -0.2) is 49.2 Å². The molecule has 0 saturated carbocycles. The van der Waals surface area contributed by atoms with Crippen LogP contribution in [0.5, 0.6) is 0 Å². The van der Waals surface area contributed by atoms with Crippen LogP contribution in [0.2, 0.25) is 0 Å². The van der Waals surface area contributed by atoms with Crippen LogP contribution in [0.3, 0.4) is 0 Å². The number of carbonyl (C=O) groups excluding carboxylic acids is 1. The molecule has 1 saturated heterocycles. The molecule has 1 fully saturated rings. The van der Waals surface area contributed by atoms with Gasteiger partial charge in [0.1, 0.15) is 0 Å². The molecule has 4 nitrogen and oxygen atoms in total. The maximum absolute atomic E-state index is 11.9. The number of piperidine rings is 1. The number of ether oxygens (including phenoxy) is 1. The third-order valence-corrected chi connectivity index (χ3v) is 3.29. The van der Waals surface area contributed by atoms with E-state index in [4.69, 9.17) is 4.74 Å². The first-order valence-corrected chi connectivity index (χ1v) is 7.11. The molecule has 1 amide bonds. The van der Waals surface area contributed by atoms with Crippen LogP contribution in [-0.2, 0) is 9.53 Å². The van der Waals surface area contributed by atoms with Gasteiger partial charge in [-0.15, -0.1) is 0 Å². The average molecular weight is 258 g/mol. The first kappa shape index (κ1) is 15.4. The van der Waals surface area contributed by atoms with Gasteiger partial charge in [0.25, 0.3) is 0 Å². The number of hydrogen-bond donors (Lipinski definition) is 1. The Kier molecular flexibility index (Phi) is 6.65. The molecule has 0 atom stereocenters. The van der Waals surface area contributed by atoms with Crippen molar-refractivity contribution in [3.8, 4) is 0 Å². The predicted molar refractivity (Wildman–Crippen MR) is 75.6 cm³/mol. The minimum atomic E-state index is 0. The molecule has 0 aromatic heterocycles. The van der Waals surface area contributed by atoms with Gasteiger partial charge < -0.3 is 15.0 Å². The highest BCUT2D eigenvalue weighted by Gasteiger charge is 2.22. The van der Waals surface area contributed by atoms with Crippen LogP contribution in [0.25, 0.3) is 0 Å². The highest BCUT2D eigenvalue weighted by Crippen LogP contribution is 2.18. The molecule has 0 radical (unpaired) electrons. The van der Waals surface area contributed by atoms with Crippen LogP contribution in [0.15, 0.2) is 0 Å². The Labute approximate surface area is 113 Å². The Bertz CT molecular complexity index is 252. The summed E-state index contributed by atoms with van der Waals surface area (Å²) in [6.07, 6.45) is 2.44. The third-order valence-electron chi connectivity index (χ3n) is 3.29. The fourth-order valence-corrected chi connectivity index (χ4v) is 2.08. The lowest BCUT2D eigenvalue weighted by molar-refractivity contribution is -0.132. The number of amides is 1. The summed E-state index contributed by atoms with van der Waals surface area (Å²) < 4.78 is 5.64. The quantitative estimate of drug-likeness (QED) is 0.791. The SMILES string of the molecule is CC(C)NCC(=O)N1CCC(COC(C)C)CC1.[HH]. The molecule has 1 heterocycles. The number of rotatable bonds is 6. The first-order chi connectivity index (χ1) is 8.49. The molecule has 0 unspecified atom stereocenters. The fourth-order valence-electron chi connectivity index (χ4n) is 2.08. The van der Waals surface area contributed by atoms with Gasteiger partial charge in [0.05, 0.1) is 12.6 Å². The molecule has 18 heavy (non-hydrogen) atoms. The van der Waals surface area contributed by atoms with E-state index >= 15 is 0 Å². The van der Waals surface area contributed by atoms with Crippen LogP contribution in [0.1, 0.15) is 42.0 Å². The second-order valence-electron chi connectivity index (χ2n) is 5.74. The minimum Gasteiger partial charge on any atom is -0.379 e. The molecule has 0 aromatic carbocycles. The molecule has 1 aliphatic rings. The van der Waals surface area contributed by atoms with Crippen molar-refractivity contribution in [2.24, 2.45) is 5.92 Å². The maximum atomic E-state index is 11.9. The van der Waals surface area contributed by atoms with E-state index in [0.717, 1.165) is 32.5 Å². The van der Waals surface area contributed by atoms with E-state index in [1.807, 2.05) is 4.90 Å². The molecule has 1 aliphatic heterocycles. The Morgan fingerprint density at radius 2 is 1.94 bits per heavy atom. The van der Waals surface area contributed by atoms with Gasteiger partial charge in [0.15, 0.2) is 0 Å². The number of nitrogens with one attached hydrogen (secondary N) is 1. The average Bonchev–Trinajstić information content (AvgIpc) is 2.34. The summed E-state index contributed by atoms with van der Waals surface area (Å²) in [4.78, 5) is 13.9. The van der Waals surface area contributed by atoms with Gasteiger partial charge in [-0.25, -0.2) is 0 Å². The maximum Gasteiger partial charge on any atom is 0.236 e. The predicted octanol–water partition coefficient (Wildman–Crippen LogP) is 1.89. The van der Waals surface area contributed by atoms with Gasteiger partial charge in [-0.1, -0.05) is 13.8 Å². The number of likely N-dealkylation sites (tertiary alicyclic amines) is 1. The van der Waals surface area contributed by atoms with Crippen LogP contribution < -0.4 is 5.32 Å². The summed E-state index contributed by atoms with van der Waals surface area (Å²) in [6.45, 7) is 11.3. The second kappa shape index (κ2) is 7.74. The van der Waals surface area contributed by atoms with Gasteiger partial charge in [0, 0.05) is 27.2 Å². The zero-order chi connectivity index (χ0) is 13.5. The summed E-state index contributed by atoms with van der Waals surface area (Å²) in [7, 11) is 0. The third kappa shape index (κ3) is 5.83. The van der Waals surface area contributed by atoms with Gasteiger partial charge in [-0.3, -0.25) is 4.79 Å². The van der Waals surface area contributed by atoms with Gasteiger partial charge in [0.2, 0.25) is 5.91 Å². The van der Waals surface area contributed by atoms with Crippen LogP contribution in [0, 0.1) is 5.92 Å². The monoisotopic (exact) mass is 258 g/mol. The molecule has 0 aliphatic carbocycles. The standard InChI is InChI=1S/C14H28N2O2.H2/c1-11(2)15-9-14(17)16-7-5-13(6-8-16)10-18-12(3)4;/h11-13,15H,5-10H2,1-4H3;1H. The molecular weight excluding hydrogens is 228 g/mol. The fraction of sp³-hybridized carbons (Fsp3) is 0.929. The van der Waals surface area contributed by atoms with Crippen molar-refractivity contribution < 1.29 is 11.0 Å². The van der Waals surface area contributed by atoms with Gasteiger partial charge in [-0.2, -0.15) is 0 Å². The lowest BCUT2D eigenvalue weighted by Gasteiger charge is -2.32. The minimum absolute atomic E-state index is 0. The Hall–Kier alpha value is -0.610. The van der Waals surface area contributed by atoms with Crippen molar-refractivity contribution in [1.82, 2.24) is 10.2 Å². The molecular formula is C14H30N2O2. The Morgan fingerprint density at radius 3 is 2.44 bits per heavy atom. The topological polar surface area (TPSA) is 41.6 Å². The van der Waals surface area contributed by atoms with Crippen molar-refractivity contribution >= 4 is 5.91 Å². The summed E-state index contributed by atoms with van der Waals surface area (Å²) in [5.41, 5.74) is 0. The zero-order valence-electron chi connectivity index (χ0n) is 12.2. The summed E-state index contributed by atoms with van der Waals surface area (Å²) in [5.74, 6) is 0.849. The molecule has 4 heteroatoms. The van der Waals surface area contributed by atoms with Crippen molar-refractivity contribution in [3.63, 3.8) is 0 Å². The largest absolute Gasteiger partial charge is 0.379 e. The normalized spacial score (nSPS) is 17.8. The van der Waals surface area contributed by atoms with Crippen molar-refractivity contribution in [2.75, 3.05) is 26.2 Å². The van der Waals surface area contributed by atoms with Crippen LogP contribution >= 0.6 is 0 Å². The summed E-state index contributed by atoms with van der Waals surface area (Å²) >= 11 is 0. The molecule has 1 N–H and O–H groups in total. The zero-order valence-corrected chi connectivity index (χ0v) is 12.2. The molecule has 1 rings (SSSR count). The molecule has 0 bridgehead atoms.